The van der Waals surface area contributed by atoms with Crippen molar-refractivity contribution in [2.45, 2.75) is 32.0 Å². The van der Waals surface area contributed by atoms with Gasteiger partial charge in [0.25, 0.3) is 0 Å². The third kappa shape index (κ3) is 2.12. The van der Waals surface area contributed by atoms with Crippen LogP contribution in [-0.4, -0.2) is 18.9 Å². The molecule has 4 rings (SSSR count). The Bertz CT molecular complexity index is 820. The van der Waals surface area contributed by atoms with Gasteiger partial charge < -0.3 is 14.8 Å². The first-order chi connectivity index (χ1) is 11.5. The van der Waals surface area contributed by atoms with Gasteiger partial charge in [-0.1, -0.05) is 24.3 Å². The van der Waals surface area contributed by atoms with Gasteiger partial charge in [-0.25, -0.2) is 4.79 Å². The molecule has 5 heteroatoms. The second kappa shape index (κ2) is 5.16. The molecule has 0 aliphatic carbocycles. The Balaban J connectivity index is 1.83. The quantitative estimate of drug-likeness (QED) is 0.915. The van der Waals surface area contributed by atoms with Gasteiger partial charge in [0, 0.05) is 17.7 Å². The number of hydrogen-bond donors (Lipinski definition) is 1. The molecule has 124 valence electrons. The van der Waals surface area contributed by atoms with Gasteiger partial charge in [0.2, 0.25) is 0 Å². The third-order valence-electron chi connectivity index (χ3n) is 4.74. The van der Waals surface area contributed by atoms with E-state index in [1.807, 2.05) is 56.3 Å². The van der Waals surface area contributed by atoms with E-state index in [2.05, 4.69) is 5.32 Å². The average Bonchev–Trinajstić information content (AvgIpc) is 2.53. The van der Waals surface area contributed by atoms with Gasteiger partial charge in [-0.2, -0.15) is 0 Å². The van der Waals surface area contributed by atoms with Crippen molar-refractivity contribution < 1.29 is 14.3 Å². The maximum Gasteiger partial charge on any atom is 0.325 e. The van der Waals surface area contributed by atoms with Crippen LogP contribution in [0.15, 0.2) is 42.5 Å². The van der Waals surface area contributed by atoms with E-state index in [1.54, 1.807) is 12.0 Å². The molecule has 2 atom stereocenters. The number of para-hydroxylation sites is 1. The predicted molar refractivity (Wildman–Crippen MR) is 91.6 cm³/mol. The Labute approximate surface area is 141 Å². The summed E-state index contributed by atoms with van der Waals surface area (Å²) in [7, 11) is 1.63. The molecule has 0 spiro atoms. The molecule has 2 aliphatic rings. The maximum absolute atomic E-state index is 12.8. The number of fused-ring (bicyclic) bond motifs is 4. The van der Waals surface area contributed by atoms with Gasteiger partial charge in [-0.05, 0) is 37.6 Å². The lowest BCUT2D eigenvalue weighted by Crippen LogP contribution is -2.65. The number of rotatable bonds is 2. The van der Waals surface area contributed by atoms with Crippen LogP contribution in [-0.2, 0) is 0 Å². The molecular formula is C19H20N2O3. The first-order valence-electron chi connectivity index (χ1n) is 8.05. The van der Waals surface area contributed by atoms with Crippen LogP contribution in [0.25, 0.3) is 0 Å². The van der Waals surface area contributed by atoms with Gasteiger partial charge in [0.15, 0.2) is 17.2 Å². The zero-order valence-corrected chi connectivity index (χ0v) is 14.0. The number of ether oxygens (including phenoxy) is 2. The van der Waals surface area contributed by atoms with Crippen LogP contribution in [0.2, 0.25) is 0 Å². The van der Waals surface area contributed by atoms with E-state index in [9.17, 15) is 4.79 Å². The standard InChI is InChI=1S/C19H20N2O3/c1-12-6-4-7-13(10-12)21-18(22)20-15-11-19(21,2)24-17-14(15)8-5-9-16(17)23-3/h4-10,15H,11H2,1-3H3,(H,20,22)/t15-,19-/m0/s1. The van der Waals surface area contributed by atoms with Crippen LogP contribution in [0.3, 0.4) is 0 Å². The minimum Gasteiger partial charge on any atom is -0.493 e. The van der Waals surface area contributed by atoms with E-state index in [-0.39, 0.29) is 12.1 Å². The smallest absolute Gasteiger partial charge is 0.325 e. The van der Waals surface area contributed by atoms with E-state index < -0.39 is 5.72 Å². The van der Waals surface area contributed by atoms with E-state index in [0.717, 1.165) is 16.8 Å². The molecule has 24 heavy (non-hydrogen) atoms. The Morgan fingerprint density at radius 2 is 2.08 bits per heavy atom. The van der Waals surface area contributed by atoms with Crippen molar-refractivity contribution in [1.82, 2.24) is 5.32 Å². The maximum atomic E-state index is 12.8. The number of nitrogens with zero attached hydrogens (tertiary/aromatic N) is 1. The molecule has 1 saturated heterocycles. The van der Waals surface area contributed by atoms with E-state index in [4.69, 9.17) is 9.47 Å². The lowest BCUT2D eigenvalue weighted by atomic mass is 9.90. The molecular weight excluding hydrogens is 304 g/mol. The van der Waals surface area contributed by atoms with Crippen molar-refractivity contribution in [2.24, 2.45) is 0 Å². The molecule has 2 aromatic carbocycles. The van der Waals surface area contributed by atoms with Crippen molar-refractivity contribution in [2.75, 3.05) is 12.0 Å². The fourth-order valence-electron chi connectivity index (χ4n) is 3.68. The van der Waals surface area contributed by atoms with Gasteiger partial charge in [-0.15, -0.1) is 0 Å². The molecule has 1 fully saturated rings. The summed E-state index contributed by atoms with van der Waals surface area (Å²) in [5, 5.41) is 3.10. The van der Waals surface area contributed by atoms with Crippen molar-refractivity contribution in [1.29, 1.82) is 0 Å². The highest BCUT2D eigenvalue weighted by molar-refractivity contribution is 5.95. The van der Waals surface area contributed by atoms with Crippen LogP contribution < -0.4 is 19.7 Å². The molecule has 5 nitrogen and oxygen atoms in total. The first kappa shape index (κ1) is 14.9. The molecule has 0 aromatic heterocycles. The van der Waals surface area contributed by atoms with Crippen molar-refractivity contribution >= 4 is 11.7 Å². The topological polar surface area (TPSA) is 50.8 Å². The number of hydrogen-bond acceptors (Lipinski definition) is 3. The van der Waals surface area contributed by atoms with E-state index >= 15 is 0 Å². The van der Waals surface area contributed by atoms with Gasteiger partial charge in [0.05, 0.1) is 13.2 Å². The highest BCUT2D eigenvalue weighted by Crippen LogP contribution is 2.48. The lowest BCUT2D eigenvalue weighted by molar-refractivity contribution is 0.0349. The molecule has 2 aliphatic heterocycles. The zero-order chi connectivity index (χ0) is 16.9. The second-order valence-electron chi connectivity index (χ2n) is 6.54. The minimum atomic E-state index is -0.761. The number of urea groups is 1. The summed E-state index contributed by atoms with van der Waals surface area (Å²) in [6.07, 6.45) is 0.673. The normalized spacial score (nSPS) is 24.7. The average molecular weight is 324 g/mol. The Morgan fingerprint density at radius 3 is 2.83 bits per heavy atom. The fourth-order valence-corrected chi connectivity index (χ4v) is 3.68. The molecule has 2 heterocycles. The van der Waals surface area contributed by atoms with Crippen molar-refractivity contribution in [3.8, 4) is 11.5 Å². The number of carbonyl (C=O) groups excluding carboxylic acids is 1. The molecule has 2 aromatic rings. The summed E-state index contributed by atoms with van der Waals surface area (Å²) < 4.78 is 11.8. The zero-order valence-electron chi connectivity index (χ0n) is 14.0. The Kier molecular flexibility index (Phi) is 3.20. The number of aryl methyl sites for hydroxylation is 1. The van der Waals surface area contributed by atoms with Gasteiger partial charge in [0.1, 0.15) is 0 Å². The largest absolute Gasteiger partial charge is 0.493 e. The third-order valence-corrected chi connectivity index (χ3v) is 4.74. The molecule has 0 radical (unpaired) electrons. The van der Waals surface area contributed by atoms with Crippen LogP contribution in [0.5, 0.6) is 11.5 Å². The Hall–Kier alpha value is -2.69. The minimum absolute atomic E-state index is 0.0811. The molecule has 0 saturated carbocycles. The SMILES string of the molecule is COc1cccc2c1O[C@@]1(C)C[C@@H]2NC(=O)N1c1cccc(C)c1. The number of nitrogens with one attached hydrogen (secondary N) is 1. The summed E-state index contributed by atoms with van der Waals surface area (Å²) in [5.74, 6) is 1.39. The van der Waals surface area contributed by atoms with Gasteiger partial charge in [-0.3, -0.25) is 4.90 Å². The van der Waals surface area contributed by atoms with Crippen molar-refractivity contribution in [3.05, 3.63) is 53.6 Å². The summed E-state index contributed by atoms with van der Waals surface area (Å²) >= 11 is 0. The number of anilines is 1. The summed E-state index contributed by atoms with van der Waals surface area (Å²) in [6.45, 7) is 3.97. The predicted octanol–water partition coefficient (Wildman–Crippen LogP) is 3.77. The van der Waals surface area contributed by atoms with Gasteiger partial charge >= 0.3 is 6.03 Å². The molecule has 2 bridgehead atoms. The van der Waals surface area contributed by atoms with Crippen LogP contribution in [0.1, 0.15) is 30.5 Å². The highest BCUT2D eigenvalue weighted by Gasteiger charge is 2.50. The molecule has 0 unspecified atom stereocenters. The van der Waals surface area contributed by atoms with E-state index in [1.165, 1.54) is 0 Å². The highest BCUT2D eigenvalue weighted by atomic mass is 16.5. The summed E-state index contributed by atoms with van der Waals surface area (Å²) in [5.41, 5.74) is 2.12. The number of methoxy groups -OCH3 is 1. The molecule has 2 amide bonds. The molecule has 1 N–H and O–H groups in total. The van der Waals surface area contributed by atoms with Crippen molar-refractivity contribution in [3.63, 3.8) is 0 Å². The van der Waals surface area contributed by atoms with Crippen LogP contribution >= 0.6 is 0 Å². The number of benzene rings is 2. The fraction of sp³-hybridized carbons (Fsp3) is 0.316. The lowest BCUT2D eigenvalue weighted by Gasteiger charge is -2.50. The first-order valence-corrected chi connectivity index (χ1v) is 8.05. The Morgan fingerprint density at radius 1 is 1.29 bits per heavy atom. The number of amides is 2. The monoisotopic (exact) mass is 324 g/mol. The van der Waals surface area contributed by atoms with E-state index in [0.29, 0.717) is 17.9 Å². The summed E-state index contributed by atoms with van der Waals surface area (Å²) in [4.78, 5) is 14.5. The summed E-state index contributed by atoms with van der Waals surface area (Å²) in [6, 6.07) is 13.4. The second-order valence-corrected chi connectivity index (χ2v) is 6.54. The van der Waals surface area contributed by atoms with Crippen LogP contribution in [0.4, 0.5) is 10.5 Å². The van der Waals surface area contributed by atoms with Crippen LogP contribution in [0, 0.1) is 6.92 Å². The number of carbonyl (C=O) groups is 1.